The lowest BCUT2D eigenvalue weighted by Crippen LogP contribution is -2.59. The second-order valence-corrected chi connectivity index (χ2v) is 5.42. The molecule has 2 rings (SSSR count). The molecule has 1 saturated heterocycles. The number of phenols is 1. The molecule has 2 amide bonds. The van der Waals surface area contributed by atoms with Crippen LogP contribution in [0.1, 0.15) is 10.4 Å². The maximum absolute atomic E-state index is 12.3. The Labute approximate surface area is 127 Å². The molecule has 1 heterocycles. The highest BCUT2D eigenvalue weighted by Gasteiger charge is 2.35. The molecule has 20 heavy (non-hydrogen) atoms. The number of rotatable bonds is 2. The van der Waals surface area contributed by atoms with E-state index in [1.807, 2.05) is 22.6 Å². The van der Waals surface area contributed by atoms with E-state index in [1.165, 1.54) is 12.1 Å². The summed E-state index contributed by atoms with van der Waals surface area (Å²) in [6, 6.07) is 3.18. The van der Waals surface area contributed by atoms with Crippen LogP contribution in [0.4, 0.5) is 0 Å². The normalized spacial score (nSPS) is 18.6. The minimum Gasteiger partial charge on any atom is -0.507 e. The Morgan fingerprint density at radius 3 is 2.70 bits per heavy atom. The van der Waals surface area contributed by atoms with E-state index in [0.29, 0.717) is 3.57 Å². The number of nitrogens with zero attached hydrogens (tertiary/aromatic N) is 1. The zero-order valence-corrected chi connectivity index (χ0v) is 12.3. The van der Waals surface area contributed by atoms with Gasteiger partial charge in [-0.1, -0.05) is 0 Å². The monoisotopic (exact) mass is 390 g/mol. The number of amides is 2. The molecule has 0 aliphatic carbocycles. The van der Waals surface area contributed by atoms with E-state index < -0.39 is 23.8 Å². The third kappa shape index (κ3) is 2.84. The topological polar surface area (TPSA) is 107 Å². The average molecular weight is 390 g/mol. The number of benzene rings is 1. The van der Waals surface area contributed by atoms with Crippen molar-refractivity contribution in [1.29, 1.82) is 0 Å². The van der Waals surface area contributed by atoms with Crippen LogP contribution in [0.2, 0.25) is 0 Å². The second kappa shape index (κ2) is 5.65. The van der Waals surface area contributed by atoms with E-state index in [4.69, 9.17) is 5.11 Å². The number of aliphatic carboxylic acids is 1. The van der Waals surface area contributed by atoms with E-state index in [9.17, 15) is 19.5 Å². The van der Waals surface area contributed by atoms with Crippen molar-refractivity contribution in [3.05, 3.63) is 27.3 Å². The van der Waals surface area contributed by atoms with Crippen LogP contribution in [0.5, 0.6) is 5.75 Å². The molecule has 3 N–H and O–H groups in total. The molecule has 0 saturated carbocycles. The molecule has 1 unspecified atom stereocenters. The molecule has 1 aromatic rings. The summed E-state index contributed by atoms with van der Waals surface area (Å²) in [6.07, 6.45) is 0. The maximum atomic E-state index is 12.3. The third-order valence-corrected chi connectivity index (χ3v) is 3.83. The van der Waals surface area contributed by atoms with E-state index in [0.717, 1.165) is 4.90 Å². The van der Waals surface area contributed by atoms with Crippen LogP contribution in [0.3, 0.4) is 0 Å². The van der Waals surface area contributed by atoms with Gasteiger partial charge < -0.3 is 20.4 Å². The molecule has 1 atom stereocenters. The van der Waals surface area contributed by atoms with Gasteiger partial charge in [-0.25, -0.2) is 4.79 Å². The Balaban J connectivity index is 2.31. The SMILES string of the molecule is O=C1CN(C(=O)c2ccc(I)c(O)c2)C(C(=O)O)CN1. The first-order valence-electron chi connectivity index (χ1n) is 5.69. The van der Waals surface area contributed by atoms with Crippen LogP contribution in [-0.2, 0) is 9.59 Å². The van der Waals surface area contributed by atoms with Gasteiger partial charge in [-0.3, -0.25) is 9.59 Å². The van der Waals surface area contributed by atoms with Crippen LogP contribution in [0, 0.1) is 3.57 Å². The fourth-order valence-electron chi connectivity index (χ4n) is 1.89. The first kappa shape index (κ1) is 14.6. The number of carbonyl (C=O) groups excluding carboxylic acids is 2. The first-order chi connectivity index (χ1) is 9.40. The summed E-state index contributed by atoms with van der Waals surface area (Å²) in [6.45, 7) is -0.446. The van der Waals surface area contributed by atoms with Crippen molar-refractivity contribution in [2.45, 2.75) is 6.04 Å². The van der Waals surface area contributed by atoms with Gasteiger partial charge in [0.15, 0.2) is 0 Å². The van der Waals surface area contributed by atoms with E-state index in [-0.39, 0.29) is 24.4 Å². The highest BCUT2D eigenvalue weighted by Crippen LogP contribution is 2.22. The average Bonchev–Trinajstić information content (AvgIpc) is 2.40. The van der Waals surface area contributed by atoms with Crippen LogP contribution >= 0.6 is 22.6 Å². The van der Waals surface area contributed by atoms with Crippen molar-refractivity contribution in [2.24, 2.45) is 0 Å². The van der Waals surface area contributed by atoms with E-state index in [1.54, 1.807) is 6.07 Å². The van der Waals surface area contributed by atoms with Gasteiger partial charge in [0.2, 0.25) is 5.91 Å². The number of phenolic OH excluding ortho intramolecular Hbond substituents is 1. The molecular formula is C12H11IN2O5. The number of carbonyl (C=O) groups is 3. The summed E-state index contributed by atoms with van der Waals surface area (Å²) in [5.74, 6) is -2.26. The van der Waals surface area contributed by atoms with Crippen LogP contribution in [0.25, 0.3) is 0 Å². The fraction of sp³-hybridized carbons (Fsp3) is 0.250. The molecule has 0 radical (unpaired) electrons. The highest BCUT2D eigenvalue weighted by molar-refractivity contribution is 14.1. The van der Waals surface area contributed by atoms with Crippen molar-refractivity contribution in [3.63, 3.8) is 0 Å². The lowest BCUT2D eigenvalue weighted by atomic mass is 10.1. The number of carboxylic acids is 1. The minimum absolute atomic E-state index is 0.0650. The van der Waals surface area contributed by atoms with Crippen molar-refractivity contribution in [1.82, 2.24) is 10.2 Å². The van der Waals surface area contributed by atoms with E-state index in [2.05, 4.69) is 5.32 Å². The fourth-order valence-corrected chi connectivity index (χ4v) is 2.22. The molecule has 1 aliphatic heterocycles. The number of nitrogens with one attached hydrogen (secondary N) is 1. The quantitative estimate of drug-likeness (QED) is 0.618. The lowest BCUT2D eigenvalue weighted by molar-refractivity contribution is -0.144. The number of hydrogen-bond acceptors (Lipinski definition) is 4. The Kier molecular flexibility index (Phi) is 4.12. The number of piperazine rings is 1. The Bertz CT molecular complexity index is 589. The van der Waals surface area contributed by atoms with Gasteiger partial charge >= 0.3 is 5.97 Å². The summed E-state index contributed by atoms with van der Waals surface area (Å²) >= 11 is 1.90. The predicted octanol–water partition coefficient (Wildman–Crippen LogP) is 0.0220. The van der Waals surface area contributed by atoms with Crippen LogP contribution in [-0.4, -0.2) is 52.0 Å². The Morgan fingerprint density at radius 1 is 1.40 bits per heavy atom. The zero-order valence-electron chi connectivity index (χ0n) is 10.2. The van der Waals surface area contributed by atoms with Crippen molar-refractivity contribution in [3.8, 4) is 5.75 Å². The van der Waals surface area contributed by atoms with Crippen LogP contribution < -0.4 is 5.32 Å². The molecule has 0 bridgehead atoms. The smallest absolute Gasteiger partial charge is 0.328 e. The summed E-state index contributed by atoms with van der Waals surface area (Å²) in [7, 11) is 0. The van der Waals surface area contributed by atoms with Gasteiger partial charge in [-0.2, -0.15) is 0 Å². The predicted molar refractivity (Wildman–Crippen MR) is 76.3 cm³/mol. The van der Waals surface area contributed by atoms with Gasteiger partial charge in [0.1, 0.15) is 18.3 Å². The standard InChI is InChI=1S/C12H11IN2O5/c13-7-2-1-6(3-9(7)16)11(18)15-5-10(17)14-4-8(15)12(19)20/h1-3,8,16H,4-5H2,(H,14,17)(H,19,20). The molecular weight excluding hydrogens is 379 g/mol. The molecule has 1 aromatic carbocycles. The molecule has 7 nitrogen and oxygen atoms in total. The second-order valence-electron chi connectivity index (χ2n) is 4.26. The Hall–Kier alpha value is -1.84. The number of carboxylic acid groups (broad SMARTS) is 1. The largest absolute Gasteiger partial charge is 0.507 e. The zero-order chi connectivity index (χ0) is 14.9. The van der Waals surface area contributed by atoms with Crippen molar-refractivity contribution in [2.75, 3.05) is 13.1 Å². The number of hydrogen-bond donors (Lipinski definition) is 3. The summed E-state index contributed by atoms with van der Waals surface area (Å²) in [4.78, 5) is 35.8. The van der Waals surface area contributed by atoms with Gasteiger partial charge in [0, 0.05) is 12.1 Å². The third-order valence-electron chi connectivity index (χ3n) is 2.92. The molecule has 1 aliphatic rings. The molecule has 1 fully saturated rings. The maximum Gasteiger partial charge on any atom is 0.328 e. The molecule has 8 heteroatoms. The molecule has 0 aromatic heterocycles. The van der Waals surface area contributed by atoms with E-state index >= 15 is 0 Å². The van der Waals surface area contributed by atoms with Crippen LogP contribution in [0.15, 0.2) is 18.2 Å². The van der Waals surface area contributed by atoms with Crippen molar-refractivity contribution < 1.29 is 24.6 Å². The van der Waals surface area contributed by atoms with Gasteiger partial charge in [-0.15, -0.1) is 0 Å². The lowest BCUT2D eigenvalue weighted by Gasteiger charge is -2.32. The summed E-state index contributed by atoms with van der Waals surface area (Å²) in [5.41, 5.74) is 0.142. The molecule has 0 spiro atoms. The molecule has 106 valence electrons. The number of aromatic hydroxyl groups is 1. The van der Waals surface area contributed by atoms with Gasteiger partial charge in [-0.05, 0) is 40.8 Å². The highest BCUT2D eigenvalue weighted by atomic mass is 127. The Morgan fingerprint density at radius 2 is 2.10 bits per heavy atom. The van der Waals surface area contributed by atoms with Gasteiger partial charge in [0.25, 0.3) is 5.91 Å². The minimum atomic E-state index is -1.19. The van der Waals surface area contributed by atoms with Gasteiger partial charge in [0.05, 0.1) is 3.57 Å². The first-order valence-corrected chi connectivity index (χ1v) is 6.77. The number of halogens is 1. The van der Waals surface area contributed by atoms with Crippen molar-refractivity contribution >= 4 is 40.4 Å². The summed E-state index contributed by atoms with van der Waals surface area (Å²) in [5, 5.41) is 21.1. The summed E-state index contributed by atoms with van der Waals surface area (Å²) < 4.78 is 0.574.